The summed E-state index contributed by atoms with van der Waals surface area (Å²) in [6, 6.07) is -2.81. The van der Waals surface area contributed by atoms with Crippen LogP contribution in [-0.4, -0.2) is 70.3 Å². The Bertz CT molecular complexity index is 1160. The van der Waals surface area contributed by atoms with Crippen LogP contribution in [0.4, 0.5) is 0 Å². The number of carboxylic acids is 1. The lowest BCUT2D eigenvalue weighted by Crippen LogP contribution is -2.46. The van der Waals surface area contributed by atoms with Crippen LogP contribution in [0.25, 0.3) is 0 Å². The molecule has 0 aliphatic heterocycles. The van der Waals surface area contributed by atoms with Gasteiger partial charge in [-0.1, -0.05) is 97.8 Å². The second-order valence-electron chi connectivity index (χ2n) is 14.7. The Morgan fingerprint density at radius 3 is 1.53 bits per heavy atom. The van der Waals surface area contributed by atoms with Gasteiger partial charge in [0.05, 0.1) is 18.5 Å². The number of hydrogen-bond acceptors (Lipinski definition) is 8. The zero-order chi connectivity index (χ0) is 40.2. The Labute approximate surface area is 316 Å². The average Bonchev–Trinajstić information content (AvgIpc) is 3.08. The monoisotopic (exact) mass is 752 g/mol. The third-order valence-corrected chi connectivity index (χ3v) is 9.38. The summed E-state index contributed by atoms with van der Waals surface area (Å²) in [4.78, 5) is 98.9. The Balaban J connectivity index is 4.97. The van der Waals surface area contributed by atoms with Crippen molar-refractivity contribution in [3.05, 3.63) is 0 Å². The normalized spacial score (nSPS) is 13.4. The highest BCUT2D eigenvalue weighted by molar-refractivity contribution is 5.96. The number of unbranched alkanes of at least 4 members (excludes halogenated alkanes) is 12. The molecule has 0 radical (unpaired) electrons. The number of aliphatic carboxylic acids is 1. The summed E-state index contributed by atoms with van der Waals surface area (Å²) in [5, 5.41) is 17.1. The zero-order valence-electron chi connectivity index (χ0n) is 32.8. The van der Waals surface area contributed by atoms with Gasteiger partial charge in [-0.3, -0.25) is 38.4 Å². The molecule has 0 heterocycles. The fourth-order valence-electron chi connectivity index (χ4n) is 6.05. The molecule has 0 aromatic rings. The van der Waals surface area contributed by atoms with Crippen molar-refractivity contribution in [1.82, 2.24) is 16.0 Å². The largest absolute Gasteiger partial charge is 0.481 e. The van der Waals surface area contributed by atoms with Crippen LogP contribution in [-0.2, 0) is 38.4 Å². The quantitative estimate of drug-likeness (QED) is 0.0505. The smallest absolute Gasteiger partial charge is 0.303 e. The first-order chi connectivity index (χ1) is 25.1. The Kier molecular flexibility index (Phi) is 27.5. The van der Waals surface area contributed by atoms with Crippen molar-refractivity contribution in [1.29, 1.82) is 0 Å². The summed E-state index contributed by atoms with van der Waals surface area (Å²) in [6.07, 6.45) is 13.6. The highest BCUT2D eigenvalue weighted by atomic mass is 16.4. The summed E-state index contributed by atoms with van der Waals surface area (Å²) in [5.74, 6) is -6.18. The standard InChI is InChI=1S/C39H69N5O9/c1-5-6-7-8-9-10-11-12-13-14-15-16-17-18-36(49)44-31(26-35(41)48)32(45)21-23-37(50)43-30(20-24-38(51)52)33(46)25-29(27(2)3)39(53)42-28(4)19-22-34(40)47/h27-31H,5-26H2,1-4H3,(H2,40,47)(H2,41,48)(H,42,53)(H,43,50)(H,44,49)(H,51,52)/t28-,29+,30+,31+/m1/s1. The third kappa shape index (κ3) is 26.6. The molecule has 0 aliphatic rings. The fourth-order valence-corrected chi connectivity index (χ4v) is 6.05. The van der Waals surface area contributed by atoms with Crippen LogP contribution in [0.15, 0.2) is 0 Å². The van der Waals surface area contributed by atoms with Crippen molar-refractivity contribution < 1.29 is 43.5 Å². The van der Waals surface area contributed by atoms with E-state index in [9.17, 15) is 43.5 Å². The SMILES string of the molecule is CCCCCCCCCCCCCCCC(=O)N[C@@H](CC(N)=O)C(=O)CCC(=O)N[C@@H](CCC(=O)O)C(=O)C[C@H](C(=O)N[C@H](C)CCC(N)=O)C(C)C. The molecular formula is C39H69N5O9. The number of carboxylic acid groups (broad SMARTS) is 1. The molecule has 0 bridgehead atoms. The minimum Gasteiger partial charge on any atom is -0.481 e. The molecule has 0 aromatic heterocycles. The number of ketones is 2. The molecule has 0 fully saturated rings. The van der Waals surface area contributed by atoms with E-state index in [1.54, 1.807) is 20.8 Å². The van der Waals surface area contributed by atoms with Gasteiger partial charge in [0.1, 0.15) is 0 Å². The van der Waals surface area contributed by atoms with E-state index in [-0.39, 0.29) is 56.4 Å². The molecule has 0 saturated carbocycles. The molecule has 14 nitrogen and oxygen atoms in total. The molecule has 0 spiro atoms. The van der Waals surface area contributed by atoms with E-state index in [0.29, 0.717) is 12.8 Å². The maximum absolute atomic E-state index is 13.3. The molecule has 304 valence electrons. The zero-order valence-corrected chi connectivity index (χ0v) is 32.8. The number of Topliss-reactive ketones (excluding diaryl/α,β-unsaturated/α-hetero) is 2. The van der Waals surface area contributed by atoms with E-state index >= 15 is 0 Å². The van der Waals surface area contributed by atoms with Gasteiger partial charge in [-0.25, -0.2) is 0 Å². The molecule has 5 amide bonds. The number of primary amides is 2. The van der Waals surface area contributed by atoms with Crippen molar-refractivity contribution in [2.24, 2.45) is 23.3 Å². The van der Waals surface area contributed by atoms with E-state index in [0.717, 1.165) is 19.3 Å². The fraction of sp³-hybridized carbons (Fsp3) is 0.795. The minimum atomic E-state index is -1.23. The van der Waals surface area contributed by atoms with Crippen LogP contribution in [0.2, 0.25) is 0 Å². The molecular weight excluding hydrogens is 682 g/mol. The summed E-state index contributed by atoms with van der Waals surface area (Å²) in [6.45, 7) is 7.43. The first-order valence-corrected chi connectivity index (χ1v) is 19.8. The molecule has 0 unspecified atom stereocenters. The predicted octanol–water partition coefficient (Wildman–Crippen LogP) is 4.53. The minimum absolute atomic E-state index is 0.0771. The number of amides is 5. The van der Waals surface area contributed by atoms with Crippen LogP contribution >= 0.6 is 0 Å². The van der Waals surface area contributed by atoms with Gasteiger partial charge in [0.2, 0.25) is 29.5 Å². The van der Waals surface area contributed by atoms with Crippen molar-refractivity contribution in [2.45, 2.75) is 187 Å². The summed E-state index contributed by atoms with van der Waals surface area (Å²) < 4.78 is 0. The second-order valence-corrected chi connectivity index (χ2v) is 14.7. The topological polar surface area (TPSA) is 245 Å². The van der Waals surface area contributed by atoms with Gasteiger partial charge in [0, 0.05) is 50.5 Å². The molecule has 8 N–H and O–H groups in total. The molecule has 0 aromatic carbocycles. The lowest BCUT2D eigenvalue weighted by Gasteiger charge is -2.25. The molecule has 0 saturated heterocycles. The predicted molar refractivity (Wildman–Crippen MR) is 203 cm³/mol. The lowest BCUT2D eigenvalue weighted by molar-refractivity contribution is -0.138. The van der Waals surface area contributed by atoms with Gasteiger partial charge in [0.25, 0.3) is 0 Å². The second kappa shape index (κ2) is 29.6. The number of hydrogen-bond donors (Lipinski definition) is 6. The number of nitrogens with one attached hydrogen (secondary N) is 3. The van der Waals surface area contributed by atoms with E-state index in [1.807, 2.05) is 0 Å². The van der Waals surface area contributed by atoms with Gasteiger partial charge in [-0.05, 0) is 32.1 Å². The summed E-state index contributed by atoms with van der Waals surface area (Å²) in [7, 11) is 0. The van der Waals surface area contributed by atoms with Crippen LogP contribution in [0.5, 0.6) is 0 Å². The van der Waals surface area contributed by atoms with Crippen LogP contribution in [0.1, 0.15) is 169 Å². The molecule has 14 heteroatoms. The average molecular weight is 752 g/mol. The molecule has 4 atom stereocenters. The Hall–Kier alpha value is -3.84. The summed E-state index contributed by atoms with van der Waals surface area (Å²) in [5.41, 5.74) is 10.5. The van der Waals surface area contributed by atoms with Crippen molar-refractivity contribution in [3.63, 3.8) is 0 Å². The van der Waals surface area contributed by atoms with Gasteiger partial charge in [-0.2, -0.15) is 0 Å². The van der Waals surface area contributed by atoms with Gasteiger partial charge in [-0.15, -0.1) is 0 Å². The number of nitrogens with two attached hydrogens (primary N) is 2. The van der Waals surface area contributed by atoms with Gasteiger partial charge < -0.3 is 32.5 Å². The van der Waals surface area contributed by atoms with Crippen LogP contribution in [0.3, 0.4) is 0 Å². The number of carbonyl (C=O) groups is 8. The maximum atomic E-state index is 13.3. The molecule has 0 aliphatic carbocycles. The first-order valence-electron chi connectivity index (χ1n) is 19.8. The molecule has 53 heavy (non-hydrogen) atoms. The van der Waals surface area contributed by atoms with Crippen molar-refractivity contribution in [2.75, 3.05) is 0 Å². The van der Waals surface area contributed by atoms with Crippen LogP contribution < -0.4 is 27.4 Å². The summed E-state index contributed by atoms with van der Waals surface area (Å²) >= 11 is 0. The highest BCUT2D eigenvalue weighted by Gasteiger charge is 2.31. The lowest BCUT2D eigenvalue weighted by atomic mass is 9.87. The van der Waals surface area contributed by atoms with Crippen LogP contribution in [0, 0.1) is 11.8 Å². The van der Waals surface area contributed by atoms with E-state index in [2.05, 4.69) is 22.9 Å². The van der Waals surface area contributed by atoms with Crippen molar-refractivity contribution in [3.8, 4) is 0 Å². The van der Waals surface area contributed by atoms with Crippen molar-refractivity contribution >= 4 is 47.1 Å². The molecule has 0 rings (SSSR count). The first kappa shape index (κ1) is 49.2. The third-order valence-electron chi connectivity index (χ3n) is 9.38. The Morgan fingerprint density at radius 1 is 0.528 bits per heavy atom. The van der Waals surface area contributed by atoms with Gasteiger partial charge in [0.15, 0.2) is 11.6 Å². The maximum Gasteiger partial charge on any atom is 0.303 e. The highest BCUT2D eigenvalue weighted by Crippen LogP contribution is 2.19. The Morgan fingerprint density at radius 2 is 1.04 bits per heavy atom. The number of carbonyl (C=O) groups excluding carboxylic acids is 7. The van der Waals surface area contributed by atoms with E-state index in [4.69, 9.17) is 11.5 Å². The van der Waals surface area contributed by atoms with E-state index in [1.165, 1.54) is 57.8 Å². The number of rotatable bonds is 34. The van der Waals surface area contributed by atoms with E-state index < -0.39 is 72.0 Å². The van der Waals surface area contributed by atoms with Gasteiger partial charge >= 0.3 is 5.97 Å².